The molecule has 238 valence electrons. The highest BCUT2D eigenvalue weighted by Crippen LogP contribution is 2.32. The molecule has 14 heteroatoms. The van der Waals surface area contributed by atoms with Crippen LogP contribution >= 0.6 is 46.4 Å². The Hall–Kier alpha value is -5.18. The molecule has 0 bridgehead atoms. The smallest absolute Gasteiger partial charge is 0.247 e. The average Bonchev–Trinajstić information content (AvgIpc) is 3.08. The van der Waals surface area contributed by atoms with Crippen LogP contribution in [-0.4, -0.2) is 46.4 Å². The fourth-order valence-corrected chi connectivity index (χ4v) is 5.49. The minimum absolute atomic E-state index is 0.581. The Labute approximate surface area is 291 Å². The van der Waals surface area contributed by atoms with Crippen LogP contribution in [0.1, 0.15) is 0 Å². The van der Waals surface area contributed by atoms with Crippen LogP contribution in [0.5, 0.6) is 0 Å². The van der Waals surface area contributed by atoms with E-state index in [1.54, 1.807) is 0 Å². The number of rotatable bonds is 4. The van der Waals surface area contributed by atoms with Crippen molar-refractivity contribution in [2.45, 2.75) is 13.1 Å². The van der Waals surface area contributed by atoms with Crippen molar-refractivity contribution in [3.8, 4) is 0 Å². The summed E-state index contributed by atoms with van der Waals surface area (Å²) in [4.78, 5) is 65.7. The van der Waals surface area contributed by atoms with Crippen LogP contribution in [0.25, 0.3) is 43.1 Å². The number of Topliss-reactive ketones (excluding diaryl/α,β-unsaturated/α-hetero) is 6. The minimum atomic E-state index is -1.21. The van der Waals surface area contributed by atoms with Gasteiger partial charge in [-0.1, -0.05) is 59.6 Å². The predicted molar refractivity (Wildman–Crippen MR) is 182 cm³/mol. The molecule has 2 heterocycles. The molecule has 0 radical (unpaired) electrons. The molecule has 0 saturated carbocycles. The second kappa shape index (κ2) is 14.7. The number of hydrogen-bond acceptors (Lipinski definition) is 6. The summed E-state index contributed by atoms with van der Waals surface area (Å²) in [6.07, 6.45) is 12.7. The van der Waals surface area contributed by atoms with Crippen molar-refractivity contribution < 1.29 is 37.9 Å². The summed E-state index contributed by atoms with van der Waals surface area (Å²) in [6, 6.07) is 8.84. The Morgan fingerprint density at radius 1 is 0.521 bits per heavy atom. The third-order valence-corrected chi connectivity index (χ3v) is 8.55. The van der Waals surface area contributed by atoms with E-state index in [-0.39, 0.29) is 0 Å². The molecule has 10 nitrogen and oxygen atoms in total. The number of halogens is 4. The van der Waals surface area contributed by atoms with Gasteiger partial charge in [0.05, 0.1) is 11.1 Å². The Morgan fingerprint density at radius 3 is 1.04 bits per heavy atom. The number of carbonyl (C=O) groups excluding carboxylic acids is 6. The van der Waals surface area contributed by atoms with Crippen molar-refractivity contribution >= 4 is 125 Å². The Balaban J connectivity index is 0.000000174. The molecule has 0 fully saturated rings. The van der Waals surface area contributed by atoms with Gasteiger partial charge in [0.2, 0.25) is 34.7 Å². The minimum Gasteiger partial charge on any atom is -0.763 e. The van der Waals surface area contributed by atoms with E-state index >= 15 is 0 Å². The molecule has 0 aliphatic heterocycles. The highest BCUT2D eigenvalue weighted by atomic mass is 35.5. The van der Waals surface area contributed by atoms with E-state index in [0.717, 1.165) is 13.1 Å². The monoisotopic (exact) mass is 718 g/mol. The maximum atomic E-state index is 11.0. The van der Waals surface area contributed by atoms with Crippen molar-refractivity contribution in [3.63, 3.8) is 0 Å². The lowest BCUT2D eigenvalue weighted by molar-refractivity contribution is -0.684. The van der Waals surface area contributed by atoms with Gasteiger partial charge in [-0.15, -0.1) is 0 Å². The zero-order valence-corrected chi connectivity index (χ0v) is 27.4. The van der Waals surface area contributed by atoms with E-state index in [9.17, 15) is 28.8 Å². The van der Waals surface area contributed by atoms with Crippen LogP contribution in [0, 0.1) is 0 Å². The van der Waals surface area contributed by atoms with Gasteiger partial charge < -0.3 is 10.8 Å². The van der Waals surface area contributed by atoms with E-state index < -0.39 is 66.0 Å². The molecule has 2 aliphatic rings. The van der Waals surface area contributed by atoms with Gasteiger partial charge in [0, 0.05) is 32.3 Å². The van der Waals surface area contributed by atoms with Gasteiger partial charge in [-0.2, -0.15) is 0 Å². The quantitative estimate of drug-likeness (QED) is 0.0569. The number of carbonyl (C=O) groups is 6. The summed E-state index contributed by atoms with van der Waals surface area (Å²) in [6.45, 7) is 9.32. The van der Waals surface area contributed by atoms with E-state index in [2.05, 4.69) is 71.3 Å². The van der Waals surface area contributed by atoms with Gasteiger partial charge in [-0.3, -0.25) is 40.5 Å². The largest absolute Gasteiger partial charge is 0.763 e. The van der Waals surface area contributed by atoms with Gasteiger partial charge >= 0.3 is 0 Å². The molecular formula is C34H18Cl4N4O6. The Kier molecular flexibility index (Phi) is 10.9. The molecule has 0 spiro atoms. The van der Waals surface area contributed by atoms with Crippen molar-refractivity contribution in [1.29, 1.82) is 0 Å². The van der Waals surface area contributed by atoms with Crippen molar-refractivity contribution in [2.75, 3.05) is 0 Å². The predicted octanol–water partition coefficient (Wildman–Crippen LogP) is 4.66. The molecule has 0 saturated heterocycles. The number of pyridine rings is 2. The Morgan fingerprint density at radius 2 is 0.792 bits per heavy atom. The third kappa shape index (κ3) is 6.63. The van der Waals surface area contributed by atoms with Crippen molar-refractivity contribution in [1.82, 2.24) is 0 Å². The number of benzene rings is 2. The number of allylic oxidation sites excluding steroid dienone is 8. The maximum absolute atomic E-state index is 11.0. The molecule has 0 atom stereocenters. The first kappa shape index (κ1) is 35.7. The summed E-state index contributed by atoms with van der Waals surface area (Å²) >= 11 is 21.1. The zero-order valence-electron chi connectivity index (χ0n) is 24.4. The van der Waals surface area contributed by atoms with Gasteiger partial charge in [-0.25, -0.2) is 9.13 Å². The van der Waals surface area contributed by atoms with Crippen LogP contribution in [0.4, 0.5) is 0 Å². The van der Waals surface area contributed by atoms with E-state index in [1.807, 2.05) is 12.2 Å². The topological polar surface area (TPSA) is 155 Å². The van der Waals surface area contributed by atoms with Crippen LogP contribution in [0.3, 0.4) is 0 Å². The van der Waals surface area contributed by atoms with Crippen LogP contribution < -0.4 is 9.13 Å². The molecule has 2 aromatic carbocycles. The van der Waals surface area contributed by atoms with E-state index in [0.29, 0.717) is 0 Å². The van der Waals surface area contributed by atoms with Gasteiger partial charge in [0.1, 0.15) is 20.1 Å². The number of hydrogen-bond donors (Lipinski definition) is 0. The van der Waals surface area contributed by atoms with Gasteiger partial charge in [-0.05, 0) is 36.4 Å². The lowest BCUT2D eigenvalue weighted by Gasteiger charge is -2.09. The second-order valence-electron chi connectivity index (χ2n) is 9.93. The van der Waals surface area contributed by atoms with Crippen LogP contribution in [0.2, 0.25) is 0 Å². The molecule has 0 unspecified atom stereocenters. The molecular weight excluding hydrogens is 702 g/mol. The molecule has 0 amide bonds. The number of nitrogens with zero attached hydrogens (tertiary/aromatic N) is 4. The summed E-state index contributed by atoms with van der Waals surface area (Å²) in [5, 5.41) is 22.1. The van der Waals surface area contributed by atoms with E-state index in [4.69, 9.17) is 57.2 Å². The molecule has 48 heavy (non-hydrogen) atoms. The molecule has 2 aliphatic carbocycles. The fraction of sp³-hybridized carbons (Fsp3) is 0.0588. The summed E-state index contributed by atoms with van der Waals surface area (Å²) < 4.78 is 4.37. The highest BCUT2D eigenvalue weighted by Gasteiger charge is 2.36. The average molecular weight is 720 g/mol. The van der Waals surface area contributed by atoms with Crippen LogP contribution in [0.15, 0.2) is 106 Å². The first-order valence-electron chi connectivity index (χ1n) is 13.5. The van der Waals surface area contributed by atoms with Gasteiger partial charge in [0.25, 0.3) is 0 Å². The SMILES string of the molecule is C=CC[n+]1cc2ccc3c[n+](CC=C)cc4ccc(c1)c2c34.[N-]=C=C1C(=O)C(=O)C(Cl)=C(Cl)C1=O.[N-]=C=C1C(=O)C(=O)C(Cl)=C(Cl)C1=O. The highest BCUT2D eigenvalue weighted by molar-refractivity contribution is 6.74. The first-order valence-corrected chi connectivity index (χ1v) is 15.0. The lowest BCUT2D eigenvalue weighted by Crippen LogP contribution is -2.32. The zero-order chi connectivity index (χ0) is 35.4. The molecule has 4 aromatic rings. The van der Waals surface area contributed by atoms with Crippen molar-refractivity contribution in [2.24, 2.45) is 0 Å². The molecule has 6 rings (SSSR count). The second-order valence-corrected chi connectivity index (χ2v) is 11.4. The molecule has 0 N–H and O–H groups in total. The summed E-state index contributed by atoms with van der Waals surface area (Å²) in [7, 11) is 0. The number of aromatic nitrogens is 2. The van der Waals surface area contributed by atoms with Gasteiger partial charge in [0.15, 0.2) is 37.9 Å². The van der Waals surface area contributed by atoms with E-state index in [1.165, 1.54) is 44.1 Å². The third-order valence-electron chi connectivity index (χ3n) is 6.92. The summed E-state index contributed by atoms with van der Waals surface area (Å²) in [5.41, 5.74) is -1.58. The van der Waals surface area contributed by atoms with Crippen LogP contribution in [-0.2, 0) is 41.9 Å². The molecule has 2 aromatic heterocycles. The lowest BCUT2D eigenvalue weighted by atomic mass is 9.97. The first-order chi connectivity index (χ1) is 22.8. The summed E-state index contributed by atoms with van der Waals surface area (Å²) in [5.74, 6) is -4.05. The number of ketones is 6. The standard InChI is InChI=1S/C20H18N2.2C7Cl2NO3/c1-3-9-21-11-15-5-7-17-13-22(10-4-2)14-18-8-6-16(12-21)19(15)20(17)18;2*8-3-4(9)7(13)6(12)2(1-10)5(3)11/h3-8,11-14H,1-2,9-10H2;;/q+2;2*-1. The normalized spacial score (nSPS) is 15.0. The fourth-order valence-electron chi connectivity index (χ4n) is 4.79. The van der Waals surface area contributed by atoms with Crippen molar-refractivity contribution in [3.05, 3.63) is 116 Å². The Bertz CT molecular complexity index is 2110. The maximum Gasteiger partial charge on any atom is 0.247 e.